The largest absolute Gasteiger partial charge is 0.353 e. The van der Waals surface area contributed by atoms with E-state index in [9.17, 15) is 14.0 Å². The molecule has 2 heterocycles. The summed E-state index contributed by atoms with van der Waals surface area (Å²) in [4.78, 5) is 27.3. The van der Waals surface area contributed by atoms with Gasteiger partial charge in [0.1, 0.15) is 10.8 Å². The van der Waals surface area contributed by atoms with Crippen molar-refractivity contribution in [2.24, 2.45) is 5.92 Å². The number of aromatic nitrogens is 2. The number of carbonyl (C=O) groups is 2. The van der Waals surface area contributed by atoms with Gasteiger partial charge in [0.05, 0.1) is 12.5 Å². The van der Waals surface area contributed by atoms with E-state index in [-0.39, 0.29) is 28.6 Å². The molecule has 2 fully saturated rings. The molecule has 1 unspecified atom stereocenters. The predicted octanol–water partition coefficient (Wildman–Crippen LogP) is 3.59. The minimum absolute atomic E-state index is 0.00448. The molecule has 1 saturated heterocycles. The maximum Gasteiger partial charge on any atom is 0.286 e. The number of benzene rings is 1. The fraction of sp³-hybridized carbons (Fsp3) is 0.545. The standard InChI is InChI=1S/C22H28FN5O2S/c23-16-8-10-18(11-9-16)25-21(30)22-27-26-19(31-22)14-28-12-4-5-15(13-28)20(29)24-17-6-2-1-3-7-17/h8-11,15,17H,1-7,12-14H2,(H,24,29)(H,25,30). The highest BCUT2D eigenvalue weighted by Crippen LogP contribution is 2.23. The molecule has 0 radical (unpaired) electrons. The zero-order valence-corrected chi connectivity index (χ0v) is 18.3. The molecule has 7 nitrogen and oxygen atoms in total. The number of nitrogens with one attached hydrogen (secondary N) is 2. The zero-order chi connectivity index (χ0) is 21.6. The van der Waals surface area contributed by atoms with Crippen LogP contribution in [0.15, 0.2) is 24.3 Å². The average molecular weight is 446 g/mol. The minimum Gasteiger partial charge on any atom is -0.353 e. The van der Waals surface area contributed by atoms with Gasteiger partial charge < -0.3 is 10.6 Å². The van der Waals surface area contributed by atoms with Gasteiger partial charge in [-0.1, -0.05) is 30.6 Å². The number of nitrogens with zero attached hydrogens (tertiary/aromatic N) is 3. The lowest BCUT2D eigenvalue weighted by molar-refractivity contribution is -0.127. The average Bonchev–Trinajstić information content (AvgIpc) is 3.25. The minimum atomic E-state index is -0.362. The second-order valence-corrected chi connectivity index (χ2v) is 9.44. The van der Waals surface area contributed by atoms with Gasteiger partial charge in [0.2, 0.25) is 10.9 Å². The van der Waals surface area contributed by atoms with Gasteiger partial charge in [-0.25, -0.2) is 4.39 Å². The van der Waals surface area contributed by atoms with E-state index in [1.807, 2.05) is 0 Å². The number of hydrogen-bond acceptors (Lipinski definition) is 6. The molecule has 1 aliphatic heterocycles. The second-order valence-electron chi connectivity index (χ2n) is 8.38. The highest BCUT2D eigenvalue weighted by molar-refractivity contribution is 7.13. The van der Waals surface area contributed by atoms with Crippen molar-refractivity contribution in [1.82, 2.24) is 20.4 Å². The summed E-state index contributed by atoms with van der Waals surface area (Å²) >= 11 is 1.24. The Hall–Kier alpha value is -2.39. The molecule has 0 bridgehead atoms. The molecule has 1 aromatic heterocycles. The lowest BCUT2D eigenvalue weighted by atomic mass is 9.93. The summed E-state index contributed by atoms with van der Waals surface area (Å²) in [5.41, 5.74) is 0.506. The Morgan fingerprint density at radius 3 is 2.61 bits per heavy atom. The van der Waals surface area contributed by atoms with Gasteiger partial charge in [-0.3, -0.25) is 14.5 Å². The van der Waals surface area contributed by atoms with E-state index in [4.69, 9.17) is 0 Å². The van der Waals surface area contributed by atoms with E-state index in [1.165, 1.54) is 54.9 Å². The van der Waals surface area contributed by atoms with Gasteiger partial charge in [-0.2, -0.15) is 0 Å². The molecule has 2 N–H and O–H groups in total. The summed E-state index contributed by atoms with van der Waals surface area (Å²) in [7, 11) is 0. The fourth-order valence-electron chi connectivity index (χ4n) is 4.30. The number of amides is 2. The smallest absolute Gasteiger partial charge is 0.286 e. The van der Waals surface area contributed by atoms with Crippen molar-refractivity contribution in [2.45, 2.75) is 57.5 Å². The Labute approximate surface area is 185 Å². The number of anilines is 1. The molecule has 166 valence electrons. The van der Waals surface area contributed by atoms with Crippen LogP contribution in [0.4, 0.5) is 10.1 Å². The highest BCUT2D eigenvalue weighted by Gasteiger charge is 2.28. The third-order valence-electron chi connectivity index (χ3n) is 5.95. The summed E-state index contributed by atoms with van der Waals surface area (Å²) in [6, 6.07) is 5.92. The van der Waals surface area contributed by atoms with Crippen LogP contribution >= 0.6 is 11.3 Å². The molecule has 9 heteroatoms. The van der Waals surface area contributed by atoms with Crippen LogP contribution in [0.25, 0.3) is 0 Å². The van der Waals surface area contributed by atoms with Crippen LogP contribution in [-0.4, -0.2) is 46.0 Å². The lowest BCUT2D eigenvalue weighted by Gasteiger charge is -2.32. The van der Waals surface area contributed by atoms with E-state index >= 15 is 0 Å². The van der Waals surface area contributed by atoms with Gasteiger partial charge in [0.15, 0.2) is 0 Å². The van der Waals surface area contributed by atoms with Gasteiger partial charge in [0.25, 0.3) is 5.91 Å². The summed E-state index contributed by atoms with van der Waals surface area (Å²) in [6.45, 7) is 2.19. The SMILES string of the molecule is O=C(Nc1ccc(F)cc1)c1nnc(CN2CCCC(C(=O)NC3CCCCC3)C2)s1. The van der Waals surface area contributed by atoms with Crippen LogP contribution in [0.3, 0.4) is 0 Å². The molecule has 2 aliphatic rings. The van der Waals surface area contributed by atoms with Crippen molar-refractivity contribution in [3.63, 3.8) is 0 Å². The van der Waals surface area contributed by atoms with Crippen LogP contribution in [-0.2, 0) is 11.3 Å². The van der Waals surface area contributed by atoms with Crippen molar-refractivity contribution in [1.29, 1.82) is 0 Å². The summed E-state index contributed by atoms with van der Waals surface area (Å²) < 4.78 is 13.0. The Kier molecular flexibility index (Phi) is 7.24. The number of rotatable bonds is 6. The molecule has 1 aromatic carbocycles. The Balaban J connectivity index is 1.28. The molecule has 2 amide bonds. The number of piperidine rings is 1. The molecule has 31 heavy (non-hydrogen) atoms. The normalized spacial score (nSPS) is 20.4. The predicted molar refractivity (Wildman–Crippen MR) is 117 cm³/mol. The van der Waals surface area contributed by atoms with Crippen molar-refractivity contribution >= 4 is 28.8 Å². The fourth-order valence-corrected chi connectivity index (χ4v) is 5.07. The molecule has 1 aliphatic carbocycles. The van der Waals surface area contributed by atoms with E-state index in [2.05, 4.69) is 25.7 Å². The van der Waals surface area contributed by atoms with E-state index in [0.717, 1.165) is 37.2 Å². The monoisotopic (exact) mass is 445 g/mol. The third kappa shape index (κ3) is 6.07. The molecular weight excluding hydrogens is 417 g/mol. The summed E-state index contributed by atoms with van der Waals surface area (Å²) in [5.74, 6) is -0.541. The maximum absolute atomic E-state index is 13.0. The van der Waals surface area contributed by atoms with Crippen molar-refractivity contribution in [3.05, 3.63) is 40.1 Å². The number of carbonyl (C=O) groups excluding carboxylic acids is 2. The van der Waals surface area contributed by atoms with Crippen molar-refractivity contribution < 1.29 is 14.0 Å². The number of likely N-dealkylation sites (tertiary alicyclic amines) is 1. The molecule has 0 spiro atoms. The zero-order valence-electron chi connectivity index (χ0n) is 17.5. The van der Waals surface area contributed by atoms with E-state index in [1.54, 1.807) is 0 Å². The summed E-state index contributed by atoms with van der Waals surface area (Å²) in [5, 5.41) is 15.1. The molecule has 2 aromatic rings. The lowest BCUT2D eigenvalue weighted by Crippen LogP contribution is -2.46. The van der Waals surface area contributed by atoms with E-state index in [0.29, 0.717) is 24.8 Å². The quantitative estimate of drug-likeness (QED) is 0.710. The molecule has 4 rings (SSSR count). The van der Waals surface area contributed by atoms with Crippen LogP contribution in [0, 0.1) is 11.7 Å². The first kappa shape index (κ1) is 21.8. The first-order valence-corrected chi connectivity index (χ1v) is 11.8. The van der Waals surface area contributed by atoms with Crippen LogP contribution in [0.5, 0.6) is 0 Å². The van der Waals surface area contributed by atoms with E-state index < -0.39 is 0 Å². The Morgan fingerprint density at radius 2 is 1.84 bits per heavy atom. The Bertz CT molecular complexity index is 898. The third-order valence-corrected chi connectivity index (χ3v) is 6.86. The van der Waals surface area contributed by atoms with Gasteiger partial charge in [0, 0.05) is 18.3 Å². The van der Waals surface area contributed by atoms with Gasteiger partial charge in [-0.05, 0) is 56.5 Å². The molecule has 1 saturated carbocycles. The van der Waals surface area contributed by atoms with Crippen molar-refractivity contribution in [2.75, 3.05) is 18.4 Å². The van der Waals surface area contributed by atoms with Crippen LogP contribution < -0.4 is 10.6 Å². The van der Waals surface area contributed by atoms with Crippen LogP contribution in [0.1, 0.15) is 59.8 Å². The van der Waals surface area contributed by atoms with Gasteiger partial charge in [-0.15, -0.1) is 10.2 Å². The van der Waals surface area contributed by atoms with Gasteiger partial charge >= 0.3 is 0 Å². The number of hydrogen-bond donors (Lipinski definition) is 2. The second kappa shape index (κ2) is 10.3. The molecule has 1 atom stereocenters. The first-order chi connectivity index (χ1) is 15.1. The number of halogens is 1. The van der Waals surface area contributed by atoms with Crippen LogP contribution in [0.2, 0.25) is 0 Å². The maximum atomic E-state index is 13.0. The summed E-state index contributed by atoms with van der Waals surface area (Å²) in [6.07, 6.45) is 7.75. The topological polar surface area (TPSA) is 87.2 Å². The molecular formula is C22H28FN5O2S. The van der Waals surface area contributed by atoms with Crippen molar-refractivity contribution in [3.8, 4) is 0 Å². The highest BCUT2D eigenvalue weighted by atomic mass is 32.1. The first-order valence-electron chi connectivity index (χ1n) is 11.0. The Morgan fingerprint density at radius 1 is 1.06 bits per heavy atom.